The molecule has 0 saturated heterocycles. The second-order valence-electron chi connectivity index (χ2n) is 2.58. The summed E-state index contributed by atoms with van der Waals surface area (Å²) >= 11 is 5.92. The summed E-state index contributed by atoms with van der Waals surface area (Å²) in [4.78, 5) is 4.13. The maximum atomic E-state index is 5.92. The topological polar surface area (TPSA) is 38.9 Å². The van der Waals surface area contributed by atoms with Crippen molar-refractivity contribution >= 4 is 28.2 Å². The van der Waals surface area contributed by atoms with Crippen molar-refractivity contribution in [1.29, 1.82) is 0 Å². The molecule has 2 aromatic rings. The first-order valence-electron chi connectivity index (χ1n) is 3.57. The van der Waals surface area contributed by atoms with Crippen molar-refractivity contribution in [2.45, 2.75) is 0 Å². The highest BCUT2D eigenvalue weighted by Gasteiger charge is 1.99. The first kappa shape index (κ1) is 7.37. The number of aromatic nitrogens is 1. The van der Waals surface area contributed by atoms with E-state index >= 15 is 0 Å². The zero-order chi connectivity index (χ0) is 8.55. The van der Waals surface area contributed by atoms with Crippen molar-refractivity contribution in [1.82, 2.24) is 4.98 Å². The van der Waals surface area contributed by atoms with Gasteiger partial charge in [-0.15, -0.1) is 0 Å². The Morgan fingerprint density at radius 2 is 2.17 bits per heavy atom. The zero-order valence-electron chi connectivity index (χ0n) is 6.29. The maximum absolute atomic E-state index is 5.92. The van der Waals surface area contributed by atoms with E-state index in [2.05, 4.69) is 4.98 Å². The van der Waals surface area contributed by atoms with E-state index in [1.165, 1.54) is 0 Å². The molecule has 1 aromatic heterocycles. The molecule has 0 fully saturated rings. The molecule has 0 atom stereocenters. The molecule has 0 aliphatic rings. The largest absolute Gasteiger partial charge is 0.399 e. The summed E-state index contributed by atoms with van der Waals surface area (Å²) in [5.74, 6) is 0. The van der Waals surface area contributed by atoms with E-state index in [4.69, 9.17) is 17.3 Å². The highest BCUT2D eigenvalue weighted by molar-refractivity contribution is 6.35. The minimum absolute atomic E-state index is 0.602. The summed E-state index contributed by atoms with van der Waals surface area (Å²) in [6, 6.07) is 7.35. The Morgan fingerprint density at radius 3 is 3.00 bits per heavy atom. The van der Waals surface area contributed by atoms with Gasteiger partial charge in [0.05, 0.1) is 10.5 Å². The molecule has 0 aliphatic heterocycles. The number of pyridine rings is 1. The third-order valence-electron chi connectivity index (χ3n) is 1.68. The molecule has 1 heterocycles. The molecular formula is C9H7ClN2. The van der Waals surface area contributed by atoms with E-state index in [9.17, 15) is 0 Å². The van der Waals surface area contributed by atoms with Crippen LogP contribution in [0.5, 0.6) is 0 Å². The summed E-state index contributed by atoms with van der Waals surface area (Å²) in [5, 5.41) is 1.58. The molecule has 1 aromatic carbocycles. The van der Waals surface area contributed by atoms with Crippen LogP contribution >= 0.6 is 11.6 Å². The summed E-state index contributed by atoms with van der Waals surface area (Å²) in [6.45, 7) is 0. The summed E-state index contributed by atoms with van der Waals surface area (Å²) in [7, 11) is 0. The van der Waals surface area contributed by atoms with Gasteiger partial charge in [-0.05, 0) is 18.2 Å². The quantitative estimate of drug-likeness (QED) is 0.630. The molecule has 0 aliphatic carbocycles. The molecule has 12 heavy (non-hydrogen) atoms. The van der Waals surface area contributed by atoms with E-state index in [-0.39, 0.29) is 0 Å². The summed E-state index contributed by atoms with van der Waals surface area (Å²) < 4.78 is 0. The van der Waals surface area contributed by atoms with Gasteiger partial charge in [-0.3, -0.25) is 4.98 Å². The zero-order valence-corrected chi connectivity index (χ0v) is 7.05. The first-order chi connectivity index (χ1) is 5.77. The van der Waals surface area contributed by atoms with Crippen molar-refractivity contribution in [2.24, 2.45) is 0 Å². The number of hydrogen-bond acceptors (Lipinski definition) is 2. The van der Waals surface area contributed by atoms with Gasteiger partial charge in [-0.2, -0.15) is 0 Å². The van der Waals surface area contributed by atoms with Gasteiger partial charge >= 0.3 is 0 Å². The van der Waals surface area contributed by atoms with Crippen LogP contribution in [0.15, 0.2) is 30.5 Å². The fourth-order valence-electron chi connectivity index (χ4n) is 1.17. The fraction of sp³-hybridized carbons (Fsp3) is 0. The number of halogens is 1. The predicted octanol–water partition coefficient (Wildman–Crippen LogP) is 2.47. The van der Waals surface area contributed by atoms with Crippen molar-refractivity contribution in [3.63, 3.8) is 0 Å². The first-order valence-corrected chi connectivity index (χ1v) is 3.95. The van der Waals surface area contributed by atoms with Gasteiger partial charge < -0.3 is 5.73 Å². The van der Waals surface area contributed by atoms with Crippen molar-refractivity contribution in [3.05, 3.63) is 35.5 Å². The number of nitrogens with zero attached hydrogens (tertiary/aromatic N) is 1. The minimum atomic E-state index is 0.602. The van der Waals surface area contributed by atoms with Crippen molar-refractivity contribution in [3.8, 4) is 0 Å². The van der Waals surface area contributed by atoms with Crippen LogP contribution in [0.2, 0.25) is 5.02 Å². The number of fused-ring (bicyclic) bond motifs is 1. The third-order valence-corrected chi connectivity index (χ3v) is 1.97. The van der Waals surface area contributed by atoms with Crippen LogP contribution in [0.25, 0.3) is 10.9 Å². The SMILES string of the molecule is Nc1cc(Cl)c2ncccc2c1. The van der Waals surface area contributed by atoms with E-state index < -0.39 is 0 Å². The molecule has 2 N–H and O–H groups in total. The van der Waals surface area contributed by atoms with E-state index in [1.54, 1.807) is 12.3 Å². The van der Waals surface area contributed by atoms with Crippen LogP contribution in [-0.2, 0) is 0 Å². The van der Waals surface area contributed by atoms with Gasteiger partial charge in [0.2, 0.25) is 0 Å². The van der Waals surface area contributed by atoms with Crippen LogP contribution in [-0.4, -0.2) is 4.98 Å². The Morgan fingerprint density at radius 1 is 1.33 bits per heavy atom. The van der Waals surface area contributed by atoms with Gasteiger partial charge in [-0.1, -0.05) is 17.7 Å². The molecular weight excluding hydrogens is 172 g/mol. The Kier molecular flexibility index (Phi) is 1.62. The highest BCUT2D eigenvalue weighted by Crippen LogP contribution is 2.23. The van der Waals surface area contributed by atoms with Crippen LogP contribution in [0.3, 0.4) is 0 Å². The molecule has 0 spiro atoms. The molecule has 60 valence electrons. The van der Waals surface area contributed by atoms with Gasteiger partial charge in [0.1, 0.15) is 0 Å². The van der Waals surface area contributed by atoms with Gasteiger partial charge in [0, 0.05) is 17.3 Å². The van der Waals surface area contributed by atoms with Crippen LogP contribution in [0, 0.1) is 0 Å². The number of nitrogen functional groups attached to an aromatic ring is 1. The Balaban J connectivity index is 2.89. The van der Waals surface area contributed by atoms with E-state index in [1.807, 2.05) is 18.2 Å². The maximum Gasteiger partial charge on any atom is 0.0889 e. The number of rotatable bonds is 0. The molecule has 2 nitrogen and oxygen atoms in total. The van der Waals surface area contributed by atoms with Gasteiger partial charge in [-0.25, -0.2) is 0 Å². The lowest BCUT2D eigenvalue weighted by molar-refractivity contribution is 1.41. The van der Waals surface area contributed by atoms with Gasteiger partial charge in [0.15, 0.2) is 0 Å². The summed E-state index contributed by atoms with van der Waals surface area (Å²) in [5.41, 5.74) is 7.08. The molecule has 2 rings (SSSR count). The second-order valence-corrected chi connectivity index (χ2v) is 2.99. The average Bonchev–Trinajstić information content (AvgIpc) is 2.04. The van der Waals surface area contributed by atoms with Crippen LogP contribution in [0.4, 0.5) is 5.69 Å². The second kappa shape index (κ2) is 2.64. The lowest BCUT2D eigenvalue weighted by atomic mass is 10.2. The third kappa shape index (κ3) is 1.10. The Hall–Kier alpha value is -1.28. The summed E-state index contributed by atoms with van der Waals surface area (Å²) in [6.07, 6.45) is 1.71. The van der Waals surface area contributed by atoms with E-state index in [0.29, 0.717) is 10.7 Å². The number of anilines is 1. The van der Waals surface area contributed by atoms with Crippen LogP contribution < -0.4 is 5.73 Å². The number of hydrogen-bond donors (Lipinski definition) is 1. The predicted molar refractivity (Wildman–Crippen MR) is 51.2 cm³/mol. The molecule has 0 radical (unpaired) electrons. The lowest BCUT2D eigenvalue weighted by Crippen LogP contribution is -1.86. The number of nitrogens with two attached hydrogens (primary N) is 1. The molecule has 0 saturated carbocycles. The minimum Gasteiger partial charge on any atom is -0.399 e. The lowest BCUT2D eigenvalue weighted by Gasteiger charge is -1.99. The van der Waals surface area contributed by atoms with Crippen molar-refractivity contribution < 1.29 is 0 Å². The van der Waals surface area contributed by atoms with Gasteiger partial charge in [0.25, 0.3) is 0 Å². The molecule has 0 bridgehead atoms. The van der Waals surface area contributed by atoms with E-state index in [0.717, 1.165) is 10.9 Å². The standard InChI is InChI=1S/C9H7ClN2/c10-8-5-7(11)4-6-2-1-3-12-9(6)8/h1-5H,11H2. The monoisotopic (exact) mass is 178 g/mol. The highest BCUT2D eigenvalue weighted by atomic mass is 35.5. The molecule has 3 heteroatoms. The van der Waals surface area contributed by atoms with Crippen molar-refractivity contribution in [2.75, 3.05) is 5.73 Å². The Labute approximate surface area is 75.0 Å². The smallest absolute Gasteiger partial charge is 0.0889 e. The fourth-order valence-corrected chi connectivity index (χ4v) is 1.45. The molecule has 0 unspecified atom stereocenters. The number of benzene rings is 1. The average molecular weight is 179 g/mol. The molecule has 0 amide bonds. The normalized spacial score (nSPS) is 10.4. The Bertz CT molecular complexity index is 426. The van der Waals surface area contributed by atoms with Crippen LogP contribution in [0.1, 0.15) is 0 Å².